The van der Waals surface area contributed by atoms with Crippen molar-refractivity contribution in [3.8, 4) is 0 Å². The van der Waals surface area contributed by atoms with E-state index in [0.717, 1.165) is 47.3 Å². The summed E-state index contributed by atoms with van der Waals surface area (Å²) < 4.78 is 0. The van der Waals surface area contributed by atoms with Gasteiger partial charge in [0.25, 0.3) is 0 Å². The van der Waals surface area contributed by atoms with Gasteiger partial charge in [-0.3, -0.25) is 0 Å². The number of fused-ring (bicyclic) bond motifs is 2. The summed E-state index contributed by atoms with van der Waals surface area (Å²) >= 11 is 0. The molecule has 8 atom stereocenters. The van der Waals surface area contributed by atoms with Crippen molar-refractivity contribution in [1.29, 1.82) is 0 Å². The van der Waals surface area contributed by atoms with Crippen LogP contribution < -0.4 is 0 Å². The van der Waals surface area contributed by atoms with Crippen molar-refractivity contribution in [2.24, 2.45) is 52.8 Å². The maximum Gasteiger partial charge on any atom is 0.0473 e. The van der Waals surface area contributed by atoms with Crippen molar-refractivity contribution < 1.29 is 0 Å². The summed E-state index contributed by atoms with van der Waals surface area (Å²) in [5.41, 5.74) is 0.583. The fraction of sp³-hybridized carbons (Fsp3) is 1.00. The molecule has 8 unspecified atom stereocenters. The second-order valence-corrected chi connectivity index (χ2v) is 20.6. The molecule has 0 heterocycles. The van der Waals surface area contributed by atoms with E-state index in [4.69, 9.17) is 0 Å². The molecule has 0 N–H and O–H groups in total. The molecule has 228 valence electrons. The Kier molecular flexibility index (Phi) is 17.1. The quantitative estimate of drug-likeness (QED) is 0.264. The number of hydrogen-bond acceptors (Lipinski definition) is 0. The van der Waals surface area contributed by atoms with Gasteiger partial charge < -0.3 is 0 Å². The van der Waals surface area contributed by atoms with E-state index in [1.807, 2.05) is 27.7 Å². The third-order valence-corrected chi connectivity index (χ3v) is 15.4. The molecular formula is C37H76Si. The molecule has 4 saturated carbocycles. The minimum atomic E-state index is -1.01. The zero-order valence-electron chi connectivity index (χ0n) is 28.9. The lowest BCUT2D eigenvalue weighted by atomic mass is 9.77. The average Bonchev–Trinajstić information content (AvgIpc) is 3.43. The third kappa shape index (κ3) is 10.9. The summed E-state index contributed by atoms with van der Waals surface area (Å²) in [6, 6.07) is 3.25. The first-order valence-corrected chi connectivity index (χ1v) is 21.5. The van der Waals surface area contributed by atoms with Crippen molar-refractivity contribution in [3.63, 3.8) is 0 Å². The van der Waals surface area contributed by atoms with Gasteiger partial charge in [-0.15, -0.1) is 0 Å². The van der Waals surface area contributed by atoms with Gasteiger partial charge >= 0.3 is 0 Å². The van der Waals surface area contributed by atoms with E-state index in [0.29, 0.717) is 5.41 Å². The van der Waals surface area contributed by atoms with Crippen LogP contribution in [0.5, 0.6) is 0 Å². The number of rotatable bonds is 8. The first-order chi connectivity index (χ1) is 18.1. The summed E-state index contributed by atoms with van der Waals surface area (Å²) in [6.45, 7) is 27.8. The molecule has 4 aliphatic carbocycles. The molecule has 0 amide bonds. The van der Waals surface area contributed by atoms with Gasteiger partial charge in [0.15, 0.2) is 0 Å². The molecular weight excluding hydrogens is 472 g/mol. The van der Waals surface area contributed by atoms with Gasteiger partial charge in [-0.25, -0.2) is 0 Å². The molecule has 0 aliphatic heterocycles. The summed E-state index contributed by atoms with van der Waals surface area (Å²) in [5.74, 6) is 8.72. The highest BCUT2D eigenvalue weighted by Gasteiger charge is 2.44. The van der Waals surface area contributed by atoms with E-state index < -0.39 is 8.07 Å². The van der Waals surface area contributed by atoms with Gasteiger partial charge in [0, 0.05) is 8.07 Å². The highest BCUT2D eigenvalue weighted by atomic mass is 28.3. The maximum atomic E-state index is 2.74. The molecule has 0 nitrogen and oxygen atoms in total. The molecule has 0 spiro atoms. The summed E-state index contributed by atoms with van der Waals surface area (Å²) in [5, 5.41) is 0. The smallest absolute Gasteiger partial charge is 0.0473 e. The second kappa shape index (κ2) is 17.9. The van der Waals surface area contributed by atoms with E-state index in [-0.39, 0.29) is 0 Å². The van der Waals surface area contributed by atoms with Crippen LogP contribution in [0.4, 0.5) is 0 Å². The molecule has 1 heteroatoms. The van der Waals surface area contributed by atoms with Crippen molar-refractivity contribution in [3.05, 3.63) is 0 Å². The average molecular weight is 549 g/mol. The summed E-state index contributed by atoms with van der Waals surface area (Å²) in [4.78, 5) is 0. The van der Waals surface area contributed by atoms with Crippen molar-refractivity contribution in [2.45, 2.75) is 184 Å². The fourth-order valence-electron chi connectivity index (χ4n) is 8.82. The molecule has 0 radical (unpaired) electrons. The van der Waals surface area contributed by atoms with Crippen molar-refractivity contribution in [2.75, 3.05) is 0 Å². The topological polar surface area (TPSA) is 0 Å². The van der Waals surface area contributed by atoms with Crippen LogP contribution in [0.25, 0.3) is 0 Å². The molecule has 0 saturated heterocycles. The van der Waals surface area contributed by atoms with E-state index in [2.05, 4.69) is 54.6 Å². The summed E-state index contributed by atoms with van der Waals surface area (Å²) in [6.07, 6.45) is 21.3. The van der Waals surface area contributed by atoms with Crippen LogP contribution in [0.15, 0.2) is 0 Å². The first kappa shape index (κ1) is 36.2. The predicted octanol–water partition coefficient (Wildman–Crippen LogP) is 13.3. The van der Waals surface area contributed by atoms with Gasteiger partial charge in [-0.1, -0.05) is 159 Å². The lowest BCUT2D eigenvalue weighted by Gasteiger charge is -2.34. The van der Waals surface area contributed by atoms with Crippen LogP contribution in [0.2, 0.25) is 25.2 Å². The third-order valence-electron chi connectivity index (χ3n) is 12.1. The zero-order chi connectivity index (χ0) is 28.9. The Balaban J connectivity index is 0.000000566. The van der Waals surface area contributed by atoms with Crippen LogP contribution in [0.3, 0.4) is 0 Å². The van der Waals surface area contributed by atoms with Gasteiger partial charge in [-0.05, 0) is 78.4 Å². The lowest BCUT2D eigenvalue weighted by molar-refractivity contribution is 0.213. The van der Waals surface area contributed by atoms with Gasteiger partial charge in [-0.2, -0.15) is 0 Å². The Labute approximate surface area is 244 Å². The monoisotopic (exact) mass is 549 g/mol. The van der Waals surface area contributed by atoms with Gasteiger partial charge in [0.1, 0.15) is 0 Å². The molecule has 0 aromatic heterocycles. The Morgan fingerprint density at radius 3 is 1.26 bits per heavy atom. The Bertz CT molecular complexity index is 544. The van der Waals surface area contributed by atoms with Crippen LogP contribution in [0.1, 0.15) is 159 Å². The molecule has 4 rings (SSSR count). The van der Waals surface area contributed by atoms with Gasteiger partial charge in [0.05, 0.1) is 0 Å². The highest BCUT2D eigenvalue weighted by Crippen LogP contribution is 2.53. The predicted molar refractivity (Wildman–Crippen MR) is 179 cm³/mol. The van der Waals surface area contributed by atoms with E-state index in [1.54, 1.807) is 63.5 Å². The molecule has 0 bridgehead atoms. The van der Waals surface area contributed by atoms with Crippen molar-refractivity contribution in [1.82, 2.24) is 0 Å². The van der Waals surface area contributed by atoms with E-state index in [9.17, 15) is 0 Å². The normalized spacial score (nSPS) is 34.4. The van der Waals surface area contributed by atoms with E-state index >= 15 is 0 Å². The zero-order valence-corrected chi connectivity index (χ0v) is 29.9. The maximum absolute atomic E-state index is 2.74. The van der Waals surface area contributed by atoms with Crippen LogP contribution in [-0.4, -0.2) is 8.07 Å². The Morgan fingerprint density at radius 2 is 0.947 bits per heavy atom. The van der Waals surface area contributed by atoms with Crippen molar-refractivity contribution >= 4 is 8.07 Å². The van der Waals surface area contributed by atoms with Crippen LogP contribution >= 0.6 is 0 Å². The fourth-order valence-corrected chi connectivity index (χ4v) is 11.3. The highest BCUT2D eigenvalue weighted by molar-refractivity contribution is 6.77. The second-order valence-electron chi connectivity index (χ2n) is 15.3. The molecule has 0 aromatic rings. The lowest BCUT2D eigenvalue weighted by Crippen LogP contribution is -2.30. The minimum Gasteiger partial charge on any atom is -0.0693 e. The largest absolute Gasteiger partial charge is 0.0693 e. The molecule has 4 aliphatic rings. The molecule has 4 fully saturated rings. The Morgan fingerprint density at radius 1 is 0.605 bits per heavy atom. The standard InChI is InChI=1S/C26H48Si.C7H16.2C2H6/c1-19-17-21-9-5-7-11-25(21)23(19)13-15-27(3,4)16-14-24-20(2)18-22-10-6-8-12-26(22)24;1-5-7(3,4)6-2;2*1-2/h19-26H,5-18H2,1-4H3;5-6H2,1-4H3;2*1-2H3. The molecule has 0 aromatic carbocycles. The van der Waals surface area contributed by atoms with Crippen LogP contribution in [0, 0.1) is 52.8 Å². The minimum absolute atomic E-state index is 0.583. The first-order valence-electron chi connectivity index (χ1n) is 18.1. The SMILES string of the molecule is CC.CC.CC1CC2CCCCC2C1CC[Si](C)(C)CCC1C(C)CC2CCCCC21.CCC(C)(C)CC. The number of hydrogen-bond donors (Lipinski definition) is 0. The molecule has 38 heavy (non-hydrogen) atoms. The van der Waals surface area contributed by atoms with E-state index in [1.165, 1.54) is 38.5 Å². The summed E-state index contributed by atoms with van der Waals surface area (Å²) in [7, 11) is -1.01. The van der Waals surface area contributed by atoms with Crippen LogP contribution in [-0.2, 0) is 0 Å². The Hall–Kier alpha value is 0.217. The van der Waals surface area contributed by atoms with Gasteiger partial charge in [0.2, 0.25) is 0 Å².